The first-order chi connectivity index (χ1) is 18.7. The fraction of sp³-hybridized carbons (Fsp3) is 0.185. The Morgan fingerprint density at radius 2 is 1.40 bits per heavy atom. The summed E-state index contributed by atoms with van der Waals surface area (Å²) in [6.07, 6.45) is 1.04. The molecule has 3 aromatic carbocycles. The Kier molecular flexibility index (Phi) is 8.00. The smallest absolute Gasteiger partial charge is 0.322 e. The number of carboxylic acid groups (broad SMARTS) is 1. The van der Waals surface area contributed by atoms with E-state index >= 15 is 0 Å². The molecule has 1 amide bonds. The molecule has 4 rings (SSSR count). The number of nitrogens with one attached hydrogen (secondary N) is 3. The van der Waals surface area contributed by atoms with Crippen molar-refractivity contribution < 1.29 is 35.9 Å². The first-order valence-electron chi connectivity index (χ1n) is 12.0. The molecule has 0 spiro atoms. The van der Waals surface area contributed by atoms with E-state index in [1.165, 1.54) is 24.3 Å². The Bertz CT molecular complexity index is 1780. The minimum Gasteiger partial charge on any atom is -0.480 e. The van der Waals surface area contributed by atoms with E-state index in [0.717, 1.165) is 11.8 Å². The highest BCUT2D eigenvalue weighted by Crippen LogP contribution is 2.26. The van der Waals surface area contributed by atoms with Crippen molar-refractivity contribution in [2.45, 2.75) is 24.8 Å². The van der Waals surface area contributed by atoms with Crippen LogP contribution in [0.1, 0.15) is 24.4 Å². The van der Waals surface area contributed by atoms with E-state index < -0.39 is 43.9 Å². The van der Waals surface area contributed by atoms with Gasteiger partial charge in [-0.3, -0.25) is 14.3 Å². The van der Waals surface area contributed by atoms with E-state index in [0.29, 0.717) is 27.9 Å². The molecule has 0 saturated heterocycles. The zero-order chi connectivity index (χ0) is 29.2. The van der Waals surface area contributed by atoms with Crippen LogP contribution in [0.15, 0.2) is 82.1 Å². The van der Waals surface area contributed by atoms with Gasteiger partial charge in [-0.1, -0.05) is 38.1 Å². The zero-order valence-electron chi connectivity index (χ0n) is 21.7. The van der Waals surface area contributed by atoms with E-state index in [9.17, 15) is 31.5 Å². The molecule has 210 valence electrons. The van der Waals surface area contributed by atoms with Crippen LogP contribution in [0.3, 0.4) is 0 Å². The average Bonchev–Trinajstić information content (AvgIpc) is 3.30. The molecule has 0 aliphatic heterocycles. The van der Waals surface area contributed by atoms with Gasteiger partial charge in [0.1, 0.15) is 11.6 Å². The van der Waals surface area contributed by atoms with Gasteiger partial charge in [0.15, 0.2) is 5.76 Å². The molecule has 40 heavy (non-hydrogen) atoms. The first kappa shape index (κ1) is 28.8. The number of benzene rings is 3. The van der Waals surface area contributed by atoms with E-state index in [1.54, 1.807) is 62.4 Å². The molecule has 0 aliphatic carbocycles. The van der Waals surface area contributed by atoms with Gasteiger partial charge in [-0.25, -0.2) is 16.8 Å². The number of fused-ring (bicyclic) bond motifs is 1. The lowest BCUT2D eigenvalue weighted by atomic mass is 10.1. The van der Waals surface area contributed by atoms with Gasteiger partial charge >= 0.3 is 5.97 Å². The Morgan fingerprint density at radius 1 is 0.825 bits per heavy atom. The number of rotatable bonds is 10. The second kappa shape index (κ2) is 11.1. The highest BCUT2D eigenvalue weighted by molar-refractivity contribution is 7.92. The molecular formula is C27H27N3O8S2. The third-order valence-electron chi connectivity index (χ3n) is 5.90. The number of hydrogen-bond donors (Lipinski definition) is 4. The molecule has 4 N–H and O–H groups in total. The molecule has 11 nitrogen and oxygen atoms in total. The van der Waals surface area contributed by atoms with Crippen molar-refractivity contribution >= 4 is 54.3 Å². The van der Waals surface area contributed by atoms with Gasteiger partial charge in [-0.2, -0.15) is 4.72 Å². The number of furan rings is 1. The molecule has 13 heteroatoms. The number of aliphatic carboxylic acids is 1. The topological polar surface area (TPSA) is 172 Å². The van der Waals surface area contributed by atoms with Crippen LogP contribution in [0.25, 0.3) is 22.1 Å². The van der Waals surface area contributed by atoms with Gasteiger partial charge in [-0.05, 0) is 65.6 Å². The van der Waals surface area contributed by atoms with Gasteiger partial charge < -0.3 is 14.8 Å². The molecule has 0 radical (unpaired) electrons. The lowest BCUT2D eigenvalue weighted by Gasteiger charge is -2.18. The van der Waals surface area contributed by atoms with E-state index in [2.05, 4.69) is 14.8 Å². The van der Waals surface area contributed by atoms with Crippen molar-refractivity contribution in [1.29, 1.82) is 0 Å². The Morgan fingerprint density at radius 3 is 1.95 bits per heavy atom. The van der Waals surface area contributed by atoms with Crippen LogP contribution in [-0.2, 0) is 24.8 Å². The van der Waals surface area contributed by atoms with Crippen molar-refractivity contribution in [3.8, 4) is 11.1 Å². The summed E-state index contributed by atoms with van der Waals surface area (Å²) in [7, 11) is -7.48. The predicted octanol–water partition coefficient (Wildman–Crippen LogP) is 4.11. The van der Waals surface area contributed by atoms with Gasteiger partial charge in [0.05, 0.1) is 11.2 Å². The first-order valence-corrected chi connectivity index (χ1v) is 15.4. The van der Waals surface area contributed by atoms with Gasteiger partial charge in [0.2, 0.25) is 20.0 Å². The number of amides is 1. The van der Waals surface area contributed by atoms with Crippen molar-refractivity contribution in [3.63, 3.8) is 0 Å². The largest absolute Gasteiger partial charge is 0.480 e. The summed E-state index contributed by atoms with van der Waals surface area (Å²) in [5, 5.41) is 12.6. The number of hydrogen-bond acceptors (Lipinski definition) is 7. The fourth-order valence-electron chi connectivity index (χ4n) is 3.90. The Balaban J connectivity index is 1.44. The van der Waals surface area contributed by atoms with Crippen molar-refractivity contribution in [2.75, 3.05) is 16.3 Å². The number of carboxylic acids is 1. The second-order valence-electron chi connectivity index (χ2n) is 9.47. The molecule has 0 aliphatic rings. The lowest BCUT2D eigenvalue weighted by molar-refractivity contribution is -0.140. The highest BCUT2D eigenvalue weighted by Gasteiger charge is 2.28. The van der Waals surface area contributed by atoms with Crippen molar-refractivity contribution in [2.24, 2.45) is 5.92 Å². The molecule has 4 aromatic rings. The van der Waals surface area contributed by atoms with Crippen LogP contribution in [0.4, 0.5) is 11.4 Å². The number of carbonyl (C=O) groups excluding carboxylic acids is 1. The average molecular weight is 586 g/mol. The summed E-state index contributed by atoms with van der Waals surface area (Å²) < 4.78 is 58.4. The van der Waals surface area contributed by atoms with E-state index in [4.69, 9.17) is 4.42 Å². The SMILES string of the molecule is CC(C)[C@@H](NS(=O)(=O)c1ccc(-c2ccc(NC(=O)c3cc4cc(NS(C)(=O)=O)ccc4o3)cc2)cc1)C(=O)O. The number of sulfonamides is 2. The predicted molar refractivity (Wildman–Crippen MR) is 151 cm³/mol. The summed E-state index contributed by atoms with van der Waals surface area (Å²) in [6.45, 7) is 3.23. The third kappa shape index (κ3) is 6.86. The molecule has 0 unspecified atom stereocenters. The maximum Gasteiger partial charge on any atom is 0.322 e. The van der Waals surface area contributed by atoms with Crippen molar-refractivity contribution in [3.05, 3.63) is 78.6 Å². The van der Waals surface area contributed by atoms with E-state index in [-0.39, 0.29) is 10.7 Å². The number of anilines is 2. The highest BCUT2D eigenvalue weighted by atomic mass is 32.2. The minimum absolute atomic E-state index is 0.0450. The summed E-state index contributed by atoms with van der Waals surface area (Å²) in [5.41, 5.74) is 2.73. The van der Waals surface area contributed by atoms with Gasteiger partial charge in [-0.15, -0.1) is 0 Å². The Labute approximate surface area is 231 Å². The third-order valence-corrected chi connectivity index (χ3v) is 7.96. The van der Waals surface area contributed by atoms with Crippen LogP contribution in [0.5, 0.6) is 0 Å². The molecular weight excluding hydrogens is 558 g/mol. The van der Waals surface area contributed by atoms with Crippen LogP contribution in [0, 0.1) is 5.92 Å². The van der Waals surface area contributed by atoms with Crippen LogP contribution in [0.2, 0.25) is 0 Å². The van der Waals surface area contributed by atoms with Crippen molar-refractivity contribution in [1.82, 2.24) is 4.72 Å². The summed E-state index contributed by atoms with van der Waals surface area (Å²) in [4.78, 5) is 24.0. The summed E-state index contributed by atoms with van der Waals surface area (Å²) >= 11 is 0. The number of carbonyl (C=O) groups is 2. The van der Waals surface area contributed by atoms with Gasteiger partial charge in [0, 0.05) is 16.8 Å². The quantitative estimate of drug-likeness (QED) is 0.215. The maximum absolute atomic E-state index is 12.7. The molecule has 0 bridgehead atoms. The van der Waals surface area contributed by atoms with Gasteiger partial charge in [0.25, 0.3) is 5.91 Å². The molecule has 1 aromatic heterocycles. The second-order valence-corrected chi connectivity index (χ2v) is 12.9. The van der Waals surface area contributed by atoms with Crippen LogP contribution >= 0.6 is 0 Å². The normalized spacial score (nSPS) is 12.8. The Hall–Kier alpha value is -4.20. The van der Waals surface area contributed by atoms with Crippen LogP contribution < -0.4 is 14.8 Å². The molecule has 0 fully saturated rings. The van der Waals surface area contributed by atoms with E-state index in [1.807, 2.05) is 0 Å². The lowest BCUT2D eigenvalue weighted by Crippen LogP contribution is -2.44. The molecule has 1 atom stereocenters. The summed E-state index contributed by atoms with van der Waals surface area (Å²) in [5.74, 6) is -2.14. The monoisotopic (exact) mass is 585 g/mol. The minimum atomic E-state index is -4.03. The molecule has 1 heterocycles. The molecule has 0 saturated carbocycles. The van der Waals surface area contributed by atoms with Crippen LogP contribution in [-0.4, -0.2) is 46.1 Å². The standard InChI is InChI=1S/C27H27N3O8S2/c1-16(2)25(27(32)33)30-40(36,37)22-11-6-18(7-12-22)17-4-8-20(9-5-17)28-26(31)24-15-19-14-21(29-39(3,34)35)10-13-23(19)38-24/h4-16,25,29-30H,1-3H3,(H,28,31)(H,32,33)/t25-/m1/s1. The fourth-order valence-corrected chi connectivity index (χ4v) is 5.80. The zero-order valence-corrected chi connectivity index (χ0v) is 23.3. The summed E-state index contributed by atoms with van der Waals surface area (Å²) in [6, 6.07) is 17.8. The maximum atomic E-state index is 12.7.